The first-order chi connectivity index (χ1) is 13.9. The topological polar surface area (TPSA) is 97.3 Å². The van der Waals surface area contributed by atoms with Crippen LogP contribution in [-0.2, 0) is 21.5 Å². The second kappa shape index (κ2) is 5.90. The van der Waals surface area contributed by atoms with Crippen molar-refractivity contribution in [1.82, 2.24) is 10.3 Å². The van der Waals surface area contributed by atoms with E-state index in [0.29, 0.717) is 6.42 Å². The van der Waals surface area contributed by atoms with E-state index in [9.17, 15) is 14.9 Å². The Labute approximate surface area is 167 Å². The number of methoxy groups -OCH3 is 1. The molecule has 0 amide bonds. The molecule has 0 aliphatic carbocycles. The van der Waals surface area contributed by atoms with Gasteiger partial charge in [0.05, 0.1) is 13.0 Å². The number of nitro groups is 1. The molecule has 2 aliphatic heterocycles. The highest BCUT2D eigenvalue weighted by Gasteiger charge is 2.72. The van der Waals surface area contributed by atoms with Gasteiger partial charge in [0, 0.05) is 27.9 Å². The van der Waals surface area contributed by atoms with Crippen molar-refractivity contribution in [2.24, 2.45) is 0 Å². The van der Waals surface area contributed by atoms with Gasteiger partial charge in [-0.3, -0.25) is 20.2 Å². The monoisotopic (exact) mass is 391 g/mol. The number of aromatic nitrogens is 1. The Morgan fingerprint density at radius 1 is 1.17 bits per heavy atom. The van der Waals surface area contributed by atoms with Gasteiger partial charge in [-0.2, -0.15) is 0 Å². The quantitative estimate of drug-likeness (QED) is 0.406. The first kappa shape index (κ1) is 17.9. The summed E-state index contributed by atoms with van der Waals surface area (Å²) in [7, 11) is 1.34. The summed E-state index contributed by atoms with van der Waals surface area (Å²) in [4.78, 5) is 28.7. The molecule has 2 bridgehead atoms. The molecule has 4 atom stereocenters. The third kappa shape index (κ3) is 2.19. The van der Waals surface area contributed by atoms with Crippen LogP contribution in [0.25, 0.3) is 10.9 Å². The zero-order chi connectivity index (χ0) is 20.4. The summed E-state index contributed by atoms with van der Waals surface area (Å²) in [6, 6.07) is 16.0. The number of nitrogens with zero attached hydrogens (tertiary/aromatic N) is 1. The second-order valence-electron chi connectivity index (χ2n) is 8.11. The summed E-state index contributed by atoms with van der Waals surface area (Å²) in [6.07, 6.45) is 0.318. The molecule has 1 saturated heterocycles. The maximum atomic E-state index is 13.2. The van der Waals surface area contributed by atoms with Crippen molar-refractivity contribution in [2.45, 2.75) is 36.4 Å². The smallest absolute Gasteiger partial charge is 0.327 e. The van der Waals surface area contributed by atoms with E-state index in [1.807, 2.05) is 61.5 Å². The van der Waals surface area contributed by atoms with Crippen LogP contribution >= 0.6 is 0 Å². The molecule has 2 N–H and O–H groups in total. The Bertz CT molecular complexity index is 1140. The van der Waals surface area contributed by atoms with Gasteiger partial charge >= 0.3 is 5.97 Å². The van der Waals surface area contributed by atoms with Gasteiger partial charge in [-0.25, -0.2) is 0 Å². The molecule has 3 aromatic rings. The summed E-state index contributed by atoms with van der Waals surface area (Å²) in [5.41, 5.74) is 1.11. The van der Waals surface area contributed by atoms with Gasteiger partial charge in [0.2, 0.25) is 6.04 Å². The van der Waals surface area contributed by atoms with E-state index < -0.39 is 29.0 Å². The Morgan fingerprint density at radius 2 is 1.86 bits per heavy atom. The van der Waals surface area contributed by atoms with Crippen LogP contribution in [-0.4, -0.2) is 34.6 Å². The molecule has 5 rings (SSSR count). The number of hydrogen-bond donors (Lipinski definition) is 2. The fourth-order valence-corrected chi connectivity index (χ4v) is 5.58. The van der Waals surface area contributed by atoms with Crippen molar-refractivity contribution in [3.8, 4) is 0 Å². The molecular formula is C22H21N3O4. The van der Waals surface area contributed by atoms with Crippen molar-refractivity contribution in [3.05, 3.63) is 81.5 Å². The molecule has 2 aromatic carbocycles. The van der Waals surface area contributed by atoms with E-state index in [1.54, 1.807) is 0 Å². The Balaban J connectivity index is 1.84. The molecule has 0 spiro atoms. The maximum absolute atomic E-state index is 13.2. The number of hydrogen-bond acceptors (Lipinski definition) is 5. The van der Waals surface area contributed by atoms with Crippen LogP contribution in [0.5, 0.6) is 0 Å². The van der Waals surface area contributed by atoms with Gasteiger partial charge in [-0.15, -0.1) is 0 Å². The van der Waals surface area contributed by atoms with Gasteiger partial charge in [0.1, 0.15) is 11.1 Å². The lowest BCUT2D eigenvalue weighted by Gasteiger charge is -2.37. The van der Waals surface area contributed by atoms with Crippen LogP contribution in [0.4, 0.5) is 0 Å². The summed E-state index contributed by atoms with van der Waals surface area (Å²) < 4.78 is 5.20. The Kier molecular flexibility index (Phi) is 3.64. The predicted octanol–water partition coefficient (Wildman–Crippen LogP) is 2.88. The highest BCUT2D eigenvalue weighted by atomic mass is 16.6. The van der Waals surface area contributed by atoms with Crippen molar-refractivity contribution in [1.29, 1.82) is 0 Å². The number of nitrogens with one attached hydrogen (secondary N) is 2. The molecule has 29 heavy (non-hydrogen) atoms. The molecule has 148 valence electrons. The summed E-state index contributed by atoms with van der Waals surface area (Å²) in [5.74, 6) is -1.14. The molecule has 0 unspecified atom stereocenters. The average molecular weight is 391 g/mol. The van der Waals surface area contributed by atoms with E-state index in [4.69, 9.17) is 4.74 Å². The van der Waals surface area contributed by atoms with Gasteiger partial charge in [0.25, 0.3) is 0 Å². The van der Waals surface area contributed by atoms with Crippen molar-refractivity contribution >= 4 is 16.9 Å². The van der Waals surface area contributed by atoms with E-state index in [1.165, 1.54) is 7.11 Å². The first-order valence-corrected chi connectivity index (χ1v) is 9.58. The van der Waals surface area contributed by atoms with E-state index in [0.717, 1.165) is 27.7 Å². The SMILES string of the molecule is COC(=O)[C@]12Cc3c([nH]c4ccccc34)[C@](C)(N1)[C@H]([N+](=O)[O-])[C@H]2c1ccccc1. The van der Waals surface area contributed by atoms with Gasteiger partial charge in [-0.05, 0) is 24.1 Å². The lowest BCUT2D eigenvalue weighted by molar-refractivity contribution is -0.535. The number of ether oxygens (including phenoxy) is 1. The fraction of sp³-hybridized carbons (Fsp3) is 0.318. The molecule has 1 aromatic heterocycles. The standard InChI is InChI=1S/C22H21N3O4/c1-21-18-15(14-10-6-7-11-16(14)23-18)12-22(24-21,20(26)29-2)17(19(21)25(27)28)13-8-4-3-5-9-13/h3-11,17,19,23-24H,12H2,1-2H3/t17-,19-,21+,22-/m1/s1. The number of para-hydroxylation sites is 1. The minimum absolute atomic E-state index is 0.254. The molecule has 3 heterocycles. The summed E-state index contributed by atoms with van der Waals surface area (Å²) in [5, 5.41) is 16.8. The number of H-pyrrole nitrogens is 1. The van der Waals surface area contributed by atoms with Crippen LogP contribution < -0.4 is 5.32 Å². The molecule has 1 fully saturated rings. The number of esters is 1. The lowest BCUT2D eigenvalue weighted by Crippen LogP contribution is -2.60. The predicted molar refractivity (Wildman–Crippen MR) is 107 cm³/mol. The number of rotatable bonds is 3. The van der Waals surface area contributed by atoms with Gasteiger partial charge < -0.3 is 9.72 Å². The number of aromatic amines is 1. The van der Waals surface area contributed by atoms with Crippen molar-refractivity contribution < 1.29 is 14.5 Å². The number of fused-ring (bicyclic) bond motifs is 6. The molecule has 7 nitrogen and oxygen atoms in total. The number of carbonyl (C=O) groups is 1. The number of carbonyl (C=O) groups excluding carboxylic acids is 1. The van der Waals surface area contributed by atoms with Crippen molar-refractivity contribution in [2.75, 3.05) is 7.11 Å². The van der Waals surface area contributed by atoms with E-state index in [-0.39, 0.29) is 4.92 Å². The molecule has 0 radical (unpaired) electrons. The van der Waals surface area contributed by atoms with E-state index >= 15 is 0 Å². The molecule has 7 heteroatoms. The van der Waals surface area contributed by atoms with Gasteiger partial charge in [-0.1, -0.05) is 48.5 Å². The summed E-state index contributed by atoms with van der Waals surface area (Å²) in [6.45, 7) is 1.81. The fourth-order valence-electron chi connectivity index (χ4n) is 5.58. The zero-order valence-corrected chi connectivity index (χ0v) is 16.1. The van der Waals surface area contributed by atoms with Crippen LogP contribution in [0, 0.1) is 10.1 Å². The third-order valence-electron chi connectivity index (χ3n) is 6.64. The Hall–Kier alpha value is -3.19. The third-order valence-corrected chi connectivity index (χ3v) is 6.64. The van der Waals surface area contributed by atoms with Crippen molar-refractivity contribution in [3.63, 3.8) is 0 Å². The molecule has 2 aliphatic rings. The minimum atomic E-state index is -1.22. The zero-order valence-electron chi connectivity index (χ0n) is 16.1. The normalized spacial score (nSPS) is 30.1. The van der Waals surface area contributed by atoms with Crippen LogP contribution in [0.1, 0.15) is 29.7 Å². The highest BCUT2D eigenvalue weighted by Crippen LogP contribution is 2.55. The van der Waals surface area contributed by atoms with Crippen LogP contribution in [0.3, 0.4) is 0 Å². The maximum Gasteiger partial charge on any atom is 0.327 e. The molecule has 0 saturated carbocycles. The van der Waals surface area contributed by atoms with Crippen LogP contribution in [0.2, 0.25) is 0 Å². The van der Waals surface area contributed by atoms with E-state index in [2.05, 4.69) is 10.3 Å². The first-order valence-electron chi connectivity index (χ1n) is 9.58. The lowest BCUT2D eigenvalue weighted by atomic mass is 9.75. The second-order valence-corrected chi connectivity index (χ2v) is 8.11. The summed E-state index contributed by atoms with van der Waals surface area (Å²) >= 11 is 0. The average Bonchev–Trinajstić information content (AvgIpc) is 3.21. The largest absolute Gasteiger partial charge is 0.468 e. The minimum Gasteiger partial charge on any atom is -0.468 e. The van der Waals surface area contributed by atoms with Crippen LogP contribution in [0.15, 0.2) is 54.6 Å². The number of benzene rings is 2. The highest BCUT2D eigenvalue weighted by molar-refractivity contribution is 5.91. The molecular weight excluding hydrogens is 370 g/mol. The van der Waals surface area contributed by atoms with Gasteiger partial charge in [0.15, 0.2) is 0 Å². The Morgan fingerprint density at radius 3 is 2.55 bits per heavy atom.